The van der Waals surface area contributed by atoms with Gasteiger partial charge in [0.15, 0.2) is 0 Å². The fourth-order valence-corrected chi connectivity index (χ4v) is 2.44. The molecule has 0 bridgehead atoms. The Kier molecular flexibility index (Phi) is 6.54. The molecule has 1 aromatic heterocycles. The van der Waals surface area contributed by atoms with E-state index < -0.39 is 0 Å². The van der Waals surface area contributed by atoms with Crippen LogP contribution >= 0.6 is 23.2 Å². The van der Waals surface area contributed by atoms with E-state index >= 15 is 0 Å². The molecule has 0 spiro atoms. The Morgan fingerprint density at radius 3 is 2.38 bits per heavy atom. The van der Waals surface area contributed by atoms with Gasteiger partial charge in [0, 0.05) is 35.2 Å². The summed E-state index contributed by atoms with van der Waals surface area (Å²) in [6.07, 6.45) is 0. The van der Waals surface area contributed by atoms with Crippen LogP contribution in [-0.2, 0) is 6.54 Å². The van der Waals surface area contributed by atoms with Gasteiger partial charge in [0.25, 0.3) is 0 Å². The van der Waals surface area contributed by atoms with Crippen molar-refractivity contribution in [3.63, 3.8) is 0 Å². The summed E-state index contributed by atoms with van der Waals surface area (Å²) in [6.45, 7) is 3.03. The van der Waals surface area contributed by atoms with Crippen LogP contribution < -0.4 is 10.6 Å². The molecule has 0 amide bonds. The summed E-state index contributed by atoms with van der Waals surface area (Å²) in [5, 5.41) is 16.2. The highest BCUT2D eigenvalue weighted by Crippen LogP contribution is 2.28. The molecule has 0 aliphatic carbocycles. The van der Waals surface area contributed by atoms with E-state index in [1.165, 1.54) is 0 Å². The third kappa shape index (κ3) is 5.34. The Bertz CT molecular complexity index is 552. The van der Waals surface area contributed by atoms with Gasteiger partial charge >= 0.3 is 0 Å². The molecule has 0 radical (unpaired) electrons. The SMILES string of the molecule is OCCNCCNCc1ccc(-c2cc(Cl)cc(Cl)c2)o1. The van der Waals surface area contributed by atoms with Crippen molar-refractivity contribution < 1.29 is 9.52 Å². The zero-order valence-corrected chi connectivity index (χ0v) is 13.0. The van der Waals surface area contributed by atoms with Gasteiger partial charge in [-0.3, -0.25) is 0 Å². The lowest BCUT2D eigenvalue weighted by atomic mass is 10.2. The van der Waals surface area contributed by atoms with Crippen LogP contribution in [0.1, 0.15) is 5.76 Å². The van der Waals surface area contributed by atoms with Gasteiger partial charge in [0.05, 0.1) is 13.2 Å². The monoisotopic (exact) mass is 328 g/mol. The molecule has 0 aliphatic heterocycles. The third-order valence-electron chi connectivity index (χ3n) is 2.88. The highest BCUT2D eigenvalue weighted by molar-refractivity contribution is 6.35. The first-order valence-electron chi connectivity index (χ1n) is 6.76. The molecule has 114 valence electrons. The average Bonchev–Trinajstić information content (AvgIpc) is 2.90. The van der Waals surface area contributed by atoms with Crippen molar-refractivity contribution in [1.29, 1.82) is 0 Å². The van der Waals surface area contributed by atoms with Gasteiger partial charge in [-0.1, -0.05) is 23.2 Å². The van der Waals surface area contributed by atoms with Gasteiger partial charge in [0.1, 0.15) is 11.5 Å². The lowest BCUT2D eigenvalue weighted by Crippen LogP contribution is -2.28. The molecule has 21 heavy (non-hydrogen) atoms. The van der Waals surface area contributed by atoms with Crippen molar-refractivity contribution in [3.05, 3.63) is 46.1 Å². The molecule has 0 saturated heterocycles. The molecule has 4 nitrogen and oxygen atoms in total. The highest BCUT2D eigenvalue weighted by atomic mass is 35.5. The van der Waals surface area contributed by atoms with Crippen molar-refractivity contribution in [2.45, 2.75) is 6.54 Å². The first-order chi connectivity index (χ1) is 10.2. The molecular weight excluding hydrogens is 311 g/mol. The number of hydrogen-bond acceptors (Lipinski definition) is 4. The van der Waals surface area contributed by atoms with Crippen molar-refractivity contribution in [3.8, 4) is 11.3 Å². The Hall–Kier alpha value is -1.04. The summed E-state index contributed by atoms with van der Waals surface area (Å²) in [4.78, 5) is 0. The molecule has 0 saturated carbocycles. The second kappa shape index (κ2) is 8.41. The molecular formula is C15H18Cl2N2O2. The number of aliphatic hydroxyl groups excluding tert-OH is 1. The molecule has 0 fully saturated rings. The van der Waals surface area contributed by atoms with E-state index in [0.717, 1.165) is 30.2 Å². The number of halogens is 2. The van der Waals surface area contributed by atoms with E-state index in [9.17, 15) is 0 Å². The summed E-state index contributed by atoms with van der Waals surface area (Å²) in [5.41, 5.74) is 0.864. The van der Waals surface area contributed by atoms with E-state index in [1.807, 2.05) is 24.3 Å². The third-order valence-corrected chi connectivity index (χ3v) is 3.31. The van der Waals surface area contributed by atoms with Crippen LogP contribution in [-0.4, -0.2) is 31.3 Å². The van der Waals surface area contributed by atoms with Crippen molar-refractivity contribution in [2.24, 2.45) is 0 Å². The summed E-state index contributed by atoms with van der Waals surface area (Å²) in [7, 11) is 0. The fourth-order valence-electron chi connectivity index (χ4n) is 1.92. The summed E-state index contributed by atoms with van der Waals surface area (Å²) in [5.74, 6) is 1.60. The number of benzene rings is 1. The topological polar surface area (TPSA) is 57.4 Å². The van der Waals surface area contributed by atoms with Gasteiger partial charge in [-0.2, -0.15) is 0 Å². The number of nitrogens with one attached hydrogen (secondary N) is 2. The quantitative estimate of drug-likeness (QED) is 0.652. The van der Waals surface area contributed by atoms with Crippen LogP contribution in [0, 0.1) is 0 Å². The van der Waals surface area contributed by atoms with Crippen LogP contribution in [0.15, 0.2) is 34.7 Å². The van der Waals surface area contributed by atoms with Crippen LogP contribution in [0.5, 0.6) is 0 Å². The van der Waals surface area contributed by atoms with Crippen molar-refractivity contribution in [1.82, 2.24) is 10.6 Å². The Morgan fingerprint density at radius 2 is 1.67 bits per heavy atom. The first-order valence-corrected chi connectivity index (χ1v) is 7.52. The van der Waals surface area contributed by atoms with Crippen molar-refractivity contribution in [2.75, 3.05) is 26.2 Å². The first kappa shape index (κ1) is 16.3. The minimum Gasteiger partial charge on any atom is -0.460 e. The molecule has 2 rings (SSSR count). The minimum atomic E-state index is 0.156. The van der Waals surface area contributed by atoms with E-state index in [0.29, 0.717) is 23.1 Å². The summed E-state index contributed by atoms with van der Waals surface area (Å²) < 4.78 is 5.77. The van der Waals surface area contributed by atoms with E-state index in [1.54, 1.807) is 6.07 Å². The normalized spacial score (nSPS) is 11.0. The van der Waals surface area contributed by atoms with Crippen LogP contribution in [0.3, 0.4) is 0 Å². The maximum atomic E-state index is 8.63. The predicted molar refractivity (Wildman–Crippen MR) is 85.8 cm³/mol. The Labute approximate surface area is 134 Å². The van der Waals surface area contributed by atoms with Crippen molar-refractivity contribution >= 4 is 23.2 Å². The molecule has 0 atom stereocenters. The molecule has 0 unspecified atom stereocenters. The van der Waals surface area contributed by atoms with Crippen LogP contribution in [0.2, 0.25) is 10.0 Å². The maximum Gasteiger partial charge on any atom is 0.134 e. The molecule has 2 aromatic rings. The Morgan fingerprint density at radius 1 is 0.952 bits per heavy atom. The number of rotatable bonds is 8. The van der Waals surface area contributed by atoms with Crippen LogP contribution in [0.4, 0.5) is 0 Å². The molecule has 0 aliphatic rings. The van der Waals surface area contributed by atoms with Gasteiger partial charge in [-0.25, -0.2) is 0 Å². The molecule has 1 aromatic carbocycles. The zero-order valence-electron chi connectivity index (χ0n) is 11.5. The highest BCUT2D eigenvalue weighted by Gasteiger charge is 2.06. The van der Waals surface area contributed by atoms with E-state index in [-0.39, 0.29) is 6.61 Å². The smallest absolute Gasteiger partial charge is 0.134 e. The van der Waals surface area contributed by atoms with Gasteiger partial charge in [-0.15, -0.1) is 0 Å². The average molecular weight is 329 g/mol. The zero-order chi connectivity index (χ0) is 15.1. The largest absolute Gasteiger partial charge is 0.460 e. The second-order valence-electron chi connectivity index (χ2n) is 4.57. The van der Waals surface area contributed by atoms with Gasteiger partial charge in [-0.05, 0) is 30.3 Å². The van der Waals surface area contributed by atoms with Gasteiger partial charge in [0.2, 0.25) is 0 Å². The fraction of sp³-hybridized carbons (Fsp3) is 0.333. The maximum absolute atomic E-state index is 8.63. The van der Waals surface area contributed by atoms with E-state index in [4.69, 9.17) is 32.7 Å². The number of aliphatic hydroxyl groups is 1. The van der Waals surface area contributed by atoms with Gasteiger partial charge < -0.3 is 20.2 Å². The van der Waals surface area contributed by atoms with Crippen LogP contribution in [0.25, 0.3) is 11.3 Å². The second-order valence-corrected chi connectivity index (χ2v) is 5.45. The summed E-state index contributed by atoms with van der Waals surface area (Å²) >= 11 is 12.0. The summed E-state index contributed by atoms with van der Waals surface area (Å²) in [6, 6.07) is 9.17. The Balaban J connectivity index is 1.86. The molecule has 1 heterocycles. The lowest BCUT2D eigenvalue weighted by Gasteiger charge is -2.04. The minimum absolute atomic E-state index is 0.156. The standard InChI is InChI=1S/C15H18Cl2N2O2/c16-12-7-11(8-13(17)9-12)15-2-1-14(21-15)10-19-4-3-18-5-6-20/h1-2,7-9,18-20H,3-6,10H2. The molecule has 6 heteroatoms. The number of furan rings is 1. The lowest BCUT2D eigenvalue weighted by molar-refractivity contribution is 0.292. The van der Waals surface area contributed by atoms with E-state index in [2.05, 4.69) is 10.6 Å². The number of hydrogen-bond donors (Lipinski definition) is 3. The predicted octanol–water partition coefficient (Wildman–Crippen LogP) is 2.92. The molecule has 3 N–H and O–H groups in total.